The molecule has 1 aliphatic carbocycles. The Morgan fingerprint density at radius 3 is 1.39 bits per heavy atom. The van der Waals surface area contributed by atoms with Crippen LogP contribution in [0.4, 0.5) is 17.1 Å². The van der Waals surface area contributed by atoms with Crippen LogP contribution >= 0.6 is 0 Å². The molecule has 1 aliphatic rings. The minimum atomic E-state index is 0.787. The maximum atomic E-state index is 6.11. The van der Waals surface area contributed by atoms with Gasteiger partial charge < -0.3 is 19.3 Å². The zero-order valence-corrected chi connectivity index (χ0v) is 25.4. The van der Waals surface area contributed by atoms with E-state index in [2.05, 4.69) is 133 Å². The Morgan fingerprint density at radius 2 is 0.909 bits per heavy atom. The van der Waals surface area contributed by atoms with Crippen molar-refractivity contribution in [1.82, 2.24) is 0 Å². The number of anilines is 3. The van der Waals surface area contributed by atoms with Crippen LogP contribution in [0.15, 0.2) is 151 Å². The average Bonchev–Trinajstić information content (AvgIpc) is 3.07. The second kappa shape index (κ2) is 13.8. The molecule has 0 unspecified atom stereocenters. The summed E-state index contributed by atoms with van der Waals surface area (Å²) in [5, 5.41) is 0. The summed E-state index contributed by atoms with van der Waals surface area (Å²) in [6, 6.07) is 43.6. The predicted molar refractivity (Wildman–Crippen MR) is 183 cm³/mol. The highest BCUT2D eigenvalue weighted by Gasteiger charge is 2.16. The van der Waals surface area contributed by atoms with Gasteiger partial charge in [0.25, 0.3) is 0 Å². The fraction of sp³-hybridized carbons (Fsp3) is 0.150. The summed E-state index contributed by atoms with van der Waals surface area (Å²) in [6.07, 6.45) is 8.96. The van der Waals surface area contributed by atoms with Crippen LogP contribution < -0.4 is 19.3 Å². The summed E-state index contributed by atoms with van der Waals surface area (Å²) in [4.78, 5) is 4.76. The van der Waals surface area contributed by atoms with Gasteiger partial charge in [-0.15, -0.1) is 0 Å². The quantitative estimate of drug-likeness (QED) is 0.156. The van der Waals surface area contributed by atoms with Crippen LogP contribution in [0.3, 0.4) is 0 Å². The van der Waals surface area contributed by atoms with Crippen molar-refractivity contribution >= 4 is 17.1 Å². The number of hydrogen-bond donors (Lipinski definition) is 0. The molecule has 6 rings (SSSR count). The van der Waals surface area contributed by atoms with Crippen molar-refractivity contribution in [3.8, 4) is 23.0 Å². The Hall–Kier alpha value is -5.22. The number of para-hydroxylation sites is 1. The number of nitrogens with zero attached hydrogens (tertiary/aromatic N) is 2. The van der Waals surface area contributed by atoms with E-state index in [0.29, 0.717) is 0 Å². The molecule has 0 N–H and O–H groups in total. The Balaban J connectivity index is 1.22. The number of aryl methyl sites for hydroxylation is 2. The molecular weight excluding hydrogens is 540 g/mol. The predicted octanol–water partition coefficient (Wildman–Crippen LogP) is 10.8. The Labute approximate surface area is 261 Å². The van der Waals surface area contributed by atoms with Crippen LogP contribution in [0.1, 0.15) is 24.0 Å². The van der Waals surface area contributed by atoms with Gasteiger partial charge in [0, 0.05) is 35.8 Å². The van der Waals surface area contributed by atoms with E-state index in [-0.39, 0.29) is 0 Å². The van der Waals surface area contributed by atoms with E-state index >= 15 is 0 Å². The number of hydrogen-bond acceptors (Lipinski definition) is 4. The standard InChI is InChI=1S/C40H38N2O2/c1-31-13-21-37(22-14-31)43-39-25-17-35(18-26-39)41(33-9-5-3-6-10-33)29-30-42(34-11-7-4-8-12-34)36-19-27-40(28-20-36)44-38-23-15-32(2)16-24-38/h3,5-7,9-28H,4,8,29-30H2,1-2H3. The van der Waals surface area contributed by atoms with Crippen molar-refractivity contribution in [2.24, 2.45) is 0 Å². The van der Waals surface area contributed by atoms with Crippen LogP contribution in [-0.2, 0) is 0 Å². The molecule has 0 bridgehead atoms. The average molecular weight is 579 g/mol. The van der Waals surface area contributed by atoms with Crippen LogP contribution in [0, 0.1) is 13.8 Å². The van der Waals surface area contributed by atoms with Gasteiger partial charge in [-0.25, -0.2) is 0 Å². The van der Waals surface area contributed by atoms with Crippen molar-refractivity contribution in [3.05, 3.63) is 162 Å². The Morgan fingerprint density at radius 1 is 0.477 bits per heavy atom. The van der Waals surface area contributed by atoms with Gasteiger partial charge in [0.1, 0.15) is 23.0 Å². The second-order valence-electron chi connectivity index (χ2n) is 11.1. The number of benzene rings is 5. The van der Waals surface area contributed by atoms with Gasteiger partial charge in [-0.3, -0.25) is 0 Å². The van der Waals surface area contributed by atoms with Crippen molar-refractivity contribution in [2.75, 3.05) is 22.9 Å². The largest absolute Gasteiger partial charge is 0.457 e. The molecule has 5 aromatic carbocycles. The molecular formula is C40H38N2O2. The molecule has 0 spiro atoms. The molecule has 220 valence electrons. The number of rotatable bonds is 11. The van der Waals surface area contributed by atoms with E-state index in [1.165, 1.54) is 16.8 Å². The van der Waals surface area contributed by atoms with Crippen molar-refractivity contribution < 1.29 is 9.47 Å². The van der Waals surface area contributed by atoms with E-state index in [0.717, 1.165) is 66.0 Å². The molecule has 44 heavy (non-hydrogen) atoms. The van der Waals surface area contributed by atoms with Crippen LogP contribution in [0.2, 0.25) is 0 Å². The molecule has 0 fully saturated rings. The van der Waals surface area contributed by atoms with Gasteiger partial charge in [-0.2, -0.15) is 0 Å². The molecule has 0 aromatic heterocycles. The third-order valence-corrected chi connectivity index (χ3v) is 7.71. The topological polar surface area (TPSA) is 24.9 Å². The highest BCUT2D eigenvalue weighted by atomic mass is 16.5. The van der Waals surface area contributed by atoms with E-state index in [9.17, 15) is 0 Å². The first-order valence-electron chi connectivity index (χ1n) is 15.3. The van der Waals surface area contributed by atoms with Crippen molar-refractivity contribution in [3.63, 3.8) is 0 Å². The first-order chi connectivity index (χ1) is 21.6. The Bertz CT molecular complexity index is 1690. The van der Waals surface area contributed by atoms with Crippen molar-refractivity contribution in [1.29, 1.82) is 0 Å². The molecule has 0 aliphatic heterocycles. The van der Waals surface area contributed by atoms with Crippen LogP contribution in [0.25, 0.3) is 0 Å². The van der Waals surface area contributed by atoms with E-state index in [1.54, 1.807) is 0 Å². The van der Waals surface area contributed by atoms with Crippen LogP contribution in [0.5, 0.6) is 23.0 Å². The van der Waals surface area contributed by atoms with Gasteiger partial charge in [-0.05, 0) is 118 Å². The molecule has 4 nitrogen and oxygen atoms in total. The van der Waals surface area contributed by atoms with E-state index < -0.39 is 0 Å². The first-order valence-corrected chi connectivity index (χ1v) is 15.3. The normalized spacial score (nSPS) is 12.4. The molecule has 0 amide bonds. The number of allylic oxidation sites excluding steroid dienone is 3. The minimum absolute atomic E-state index is 0.787. The summed E-state index contributed by atoms with van der Waals surface area (Å²) in [7, 11) is 0. The molecule has 0 radical (unpaired) electrons. The van der Waals surface area contributed by atoms with Gasteiger partial charge in [0.2, 0.25) is 0 Å². The zero-order chi connectivity index (χ0) is 30.1. The minimum Gasteiger partial charge on any atom is -0.457 e. The number of ether oxygens (including phenoxy) is 2. The molecule has 0 saturated heterocycles. The molecule has 4 heteroatoms. The lowest BCUT2D eigenvalue weighted by Gasteiger charge is -2.32. The van der Waals surface area contributed by atoms with Gasteiger partial charge in [0.05, 0.1) is 0 Å². The lowest BCUT2D eigenvalue weighted by molar-refractivity contribution is 0.482. The summed E-state index contributed by atoms with van der Waals surface area (Å²) in [5.74, 6) is 3.32. The van der Waals surface area contributed by atoms with Gasteiger partial charge >= 0.3 is 0 Å². The fourth-order valence-corrected chi connectivity index (χ4v) is 5.30. The van der Waals surface area contributed by atoms with Gasteiger partial charge in [-0.1, -0.05) is 65.7 Å². The first kappa shape index (κ1) is 28.9. The summed E-state index contributed by atoms with van der Waals surface area (Å²) in [5.41, 5.74) is 7.05. The summed E-state index contributed by atoms with van der Waals surface area (Å²) in [6.45, 7) is 5.74. The van der Waals surface area contributed by atoms with E-state index in [4.69, 9.17) is 9.47 Å². The molecule has 0 heterocycles. The molecule has 5 aromatic rings. The lowest BCUT2D eigenvalue weighted by Crippen LogP contribution is -2.32. The molecule has 0 saturated carbocycles. The smallest absolute Gasteiger partial charge is 0.127 e. The second-order valence-corrected chi connectivity index (χ2v) is 11.1. The maximum absolute atomic E-state index is 6.11. The summed E-state index contributed by atoms with van der Waals surface area (Å²) < 4.78 is 12.2. The Kier molecular flexibility index (Phi) is 9.08. The lowest BCUT2D eigenvalue weighted by atomic mass is 10.1. The highest BCUT2D eigenvalue weighted by molar-refractivity contribution is 5.65. The maximum Gasteiger partial charge on any atom is 0.127 e. The van der Waals surface area contributed by atoms with Crippen molar-refractivity contribution in [2.45, 2.75) is 26.7 Å². The van der Waals surface area contributed by atoms with Gasteiger partial charge in [0.15, 0.2) is 0 Å². The van der Waals surface area contributed by atoms with E-state index in [1.807, 2.05) is 36.4 Å². The van der Waals surface area contributed by atoms with Crippen LogP contribution in [-0.4, -0.2) is 13.1 Å². The molecule has 0 atom stereocenters. The SMILES string of the molecule is Cc1ccc(Oc2ccc(N(CCN(c3ccccc3)c3ccc(Oc4ccc(C)cc4)cc3)C3=CCCC=C3)cc2)cc1. The monoisotopic (exact) mass is 578 g/mol. The fourth-order valence-electron chi connectivity index (χ4n) is 5.30. The third kappa shape index (κ3) is 7.40. The summed E-state index contributed by atoms with van der Waals surface area (Å²) >= 11 is 0. The zero-order valence-electron chi connectivity index (χ0n) is 25.4. The third-order valence-electron chi connectivity index (χ3n) is 7.71. The highest BCUT2D eigenvalue weighted by Crippen LogP contribution is 2.31.